The number of rotatable bonds is 11. The van der Waals surface area contributed by atoms with Gasteiger partial charge in [0.2, 0.25) is 18.0 Å². The van der Waals surface area contributed by atoms with Crippen LogP contribution >= 0.6 is 0 Å². The molecule has 3 saturated heterocycles. The summed E-state index contributed by atoms with van der Waals surface area (Å²) in [6, 6.07) is 16.2. The van der Waals surface area contributed by atoms with E-state index in [0.29, 0.717) is 73.9 Å². The van der Waals surface area contributed by atoms with Crippen molar-refractivity contribution in [2.45, 2.75) is 128 Å². The number of aromatic nitrogens is 1. The highest BCUT2D eigenvalue weighted by atomic mass is 19.1. The van der Waals surface area contributed by atoms with Gasteiger partial charge in [-0.2, -0.15) is 0 Å². The molecule has 2 N–H and O–H groups in total. The number of fused-ring (bicyclic) bond motifs is 7. The van der Waals surface area contributed by atoms with Crippen LogP contribution in [-0.2, 0) is 30.2 Å². The van der Waals surface area contributed by atoms with Crippen LogP contribution in [-0.4, -0.2) is 120 Å². The number of carbonyl (C=O) groups excluding carboxylic acids is 4. The van der Waals surface area contributed by atoms with Gasteiger partial charge in [-0.25, -0.2) is 14.0 Å². The van der Waals surface area contributed by atoms with E-state index in [-0.39, 0.29) is 47.9 Å². The summed E-state index contributed by atoms with van der Waals surface area (Å²) in [5.74, 6) is 0.713. The zero-order chi connectivity index (χ0) is 51.8. The maximum Gasteiger partial charge on any atom is 0.407 e. The molecule has 75 heavy (non-hydrogen) atoms. The Labute approximate surface area is 435 Å². The largest absolute Gasteiger partial charge is 0.493 e. The molecule has 1 saturated carbocycles. The fraction of sp³-hybridized carbons (Fsp3) is 0.483. The number of likely N-dealkylation sites (tertiary alicyclic amines) is 2. The van der Waals surface area contributed by atoms with Gasteiger partial charge in [0.25, 0.3) is 0 Å². The first-order valence-corrected chi connectivity index (χ1v) is 26.7. The highest BCUT2D eigenvalue weighted by molar-refractivity contribution is 6.06. The summed E-state index contributed by atoms with van der Waals surface area (Å²) in [4.78, 5) is 67.0. The lowest BCUT2D eigenvalue weighted by Crippen LogP contribution is -2.56. The third-order valence-corrected chi connectivity index (χ3v) is 16.9. The molecule has 4 amide bonds. The monoisotopic (exact) mass is 1020 g/mol. The zero-order valence-electron chi connectivity index (χ0n) is 43.1. The molecule has 8 heterocycles. The molecule has 0 radical (unpaired) electrons. The first-order valence-electron chi connectivity index (χ1n) is 26.7. The lowest BCUT2D eigenvalue weighted by molar-refractivity contribution is -0.137. The first-order chi connectivity index (χ1) is 36.3. The number of hydrogen-bond acceptors (Lipinski definition) is 11. The molecular weight excluding hydrogens is 958 g/mol. The summed E-state index contributed by atoms with van der Waals surface area (Å²) < 4.78 is 48.0. The van der Waals surface area contributed by atoms with Crippen molar-refractivity contribution in [2.75, 3.05) is 34.0 Å². The fourth-order valence-corrected chi connectivity index (χ4v) is 12.9. The lowest BCUT2D eigenvalue weighted by Gasteiger charge is -2.37. The van der Waals surface area contributed by atoms with Crippen molar-refractivity contribution in [3.8, 4) is 22.8 Å². The first kappa shape index (κ1) is 48.9. The number of nitrogens with zero attached hydrogens (tertiary/aromatic N) is 5. The molecule has 12 rings (SSSR count). The topological polar surface area (TPSA) is 175 Å². The Morgan fingerprint density at radius 1 is 0.800 bits per heavy atom. The number of aryl methyl sites for hydroxylation is 1. The lowest BCUT2D eigenvalue weighted by atomic mass is 9.87. The van der Waals surface area contributed by atoms with Crippen molar-refractivity contribution in [1.29, 1.82) is 0 Å². The number of carbonyl (C=O) groups is 4. The van der Waals surface area contributed by atoms with Crippen molar-refractivity contribution < 1.29 is 47.3 Å². The predicted octanol–water partition coefficient (Wildman–Crippen LogP) is 8.98. The van der Waals surface area contributed by atoms with Crippen molar-refractivity contribution >= 4 is 57.5 Å². The summed E-state index contributed by atoms with van der Waals surface area (Å²) in [7, 11) is 2.60. The van der Waals surface area contributed by atoms with Gasteiger partial charge >= 0.3 is 12.2 Å². The van der Waals surface area contributed by atoms with E-state index in [0.717, 1.165) is 94.4 Å². The molecule has 17 heteroatoms. The minimum Gasteiger partial charge on any atom is -0.493 e. The van der Waals surface area contributed by atoms with E-state index in [1.807, 2.05) is 55.0 Å². The molecule has 1 aliphatic carbocycles. The highest BCUT2D eigenvalue weighted by Gasteiger charge is 2.57. The Morgan fingerprint density at radius 2 is 1.57 bits per heavy atom. The quantitative estimate of drug-likeness (QED) is 0.149. The summed E-state index contributed by atoms with van der Waals surface area (Å²) in [6.45, 7) is 7.49. The molecule has 0 bridgehead atoms. The van der Waals surface area contributed by atoms with Crippen LogP contribution in [0.5, 0.6) is 11.5 Å². The number of piperidine rings is 1. The molecule has 0 spiro atoms. The van der Waals surface area contributed by atoms with Crippen LogP contribution in [0.4, 0.5) is 14.0 Å². The van der Waals surface area contributed by atoms with E-state index in [4.69, 9.17) is 33.7 Å². The second kappa shape index (κ2) is 19.6. The van der Waals surface area contributed by atoms with Gasteiger partial charge in [0.1, 0.15) is 29.4 Å². The van der Waals surface area contributed by atoms with Gasteiger partial charge in [-0.1, -0.05) is 32.0 Å². The van der Waals surface area contributed by atoms with Crippen molar-refractivity contribution in [2.24, 2.45) is 27.7 Å². The fourth-order valence-electron chi connectivity index (χ4n) is 12.9. The predicted molar refractivity (Wildman–Crippen MR) is 280 cm³/mol. The third kappa shape index (κ3) is 8.93. The van der Waals surface area contributed by atoms with Crippen LogP contribution in [0, 0.1) is 23.6 Å². The summed E-state index contributed by atoms with van der Waals surface area (Å²) >= 11 is 0. The van der Waals surface area contributed by atoms with Crippen molar-refractivity contribution in [1.82, 2.24) is 25.0 Å². The van der Waals surface area contributed by atoms with Gasteiger partial charge < -0.3 is 48.7 Å². The van der Waals surface area contributed by atoms with Crippen LogP contribution in [0.15, 0.2) is 77.0 Å². The second-order valence-corrected chi connectivity index (χ2v) is 21.9. The number of nitrogens with one attached hydrogen (secondary N) is 2. The maximum atomic E-state index is 17.1. The number of allylic oxidation sites excluding steroid dienone is 2. The number of halogens is 1. The van der Waals surface area contributed by atoms with Crippen LogP contribution in [0.1, 0.15) is 107 Å². The minimum atomic E-state index is -0.750. The number of ether oxygens (including phenoxy) is 5. The normalized spacial score (nSPS) is 26.1. The van der Waals surface area contributed by atoms with Crippen LogP contribution < -0.4 is 20.1 Å². The van der Waals surface area contributed by atoms with Crippen LogP contribution in [0.3, 0.4) is 0 Å². The summed E-state index contributed by atoms with van der Waals surface area (Å²) in [5, 5.41) is 6.53. The Hall–Kier alpha value is -7.01. The molecule has 392 valence electrons. The maximum absolute atomic E-state index is 17.1. The van der Waals surface area contributed by atoms with E-state index in [1.54, 1.807) is 12.3 Å². The van der Waals surface area contributed by atoms with E-state index in [9.17, 15) is 19.2 Å². The summed E-state index contributed by atoms with van der Waals surface area (Å²) in [5.41, 5.74) is 9.14. The Bertz CT molecular complexity index is 3140. The van der Waals surface area contributed by atoms with Gasteiger partial charge in [0, 0.05) is 66.8 Å². The molecular formula is C58H64FN7O9. The number of alkyl carbamates (subject to hydrolysis) is 2. The molecule has 9 atom stereocenters. The van der Waals surface area contributed by atoms with Gasteiger partial charge in [0.15, 0.2) is 0 Å². The smallest absolute Gasteiger partial charge is 0.407 e. The SMILES string of the molecule is COC(=O)NC(C(=O)N1[C@@H]2C[C@@H]2C[C@H]1C1=NC=C(c2ccc3c(c2)cc2n3C(c3ccc4c(c3)OCCC4)Oc3cc(C4=CN=C([C@@H]5CCCN5C(=O)[C@@H](NC(=O)OC)C(C)C)C4)cc(F)c3-2)C1)C1CCO[C@H](C)C1. The molecule has 7 aliphatic heterocycles. The number of benzene rings is 3. The van der Waals surface area contributed by atoms with E-state index in [1.165, 1.54) is 14.2 Å². The van der Waals surface area contributed by atoms with Gasteiger partial charge in [-0.3, -0.25) is 19.6 Å². The molecule has 4 aromatic rings. The standard InChI is InChI=1S/C58H64FN7O9/c1-30(2)52(62-57(69)71-4)54(67)64-15-6-9-45(64)42-22-40(29-60-42)36-20-41(59)51-48-25-37-19-33(12-13-44(37)66(48)56(75-50(51)27-36)35-11-10-32-8-7-16-74-49(32)26-35)39-21-43(61-28-39)47-24-38-23-46(38)65(47)55(68)53(63-58(70)72-5)34-14-17-73-31(3)18-34/h10-13,19-20,25-31,34,38,45-47,52-53,56H,6-9,14-18,21-24H2,1-5H3,(H,62,69)(H,63,70)/t31-,34?,38-,45+,46-,47+,52+,53?,56?/m1/s1. The Balaban J connectivity index is 0.820. The number of amides is 4. The van der Waals surface area contributed by atoms with E-state index < -0.39 is 36.3 Å². The molecule has 3 aromatic carbocycles. The van der Waals surface area contributed by atoms with E-state index in [2.05, 4.69) is 45.5 Å². The molecule has 1 aromatic heterocycles. The van der Waals surface area contributed by atoms with Crippen molar-refractivity contribution in [3.05, 3.63) is 95.1 Å². The molecule has 16 nitrogen and oxygen atoms in total. The molecule has 4 fully saturated rings. The average Bonchev–Trinajstić information content (AvgIpc) is 4.13. The van der Waals surface area contributed by atoms with E-state index >= 15 is 4.39 Å². The molecule has 3 unspecified atom stereocenters. The zero-order valence-corrected chi connectivity index (χ0v) is 43.1. The number of methoxy groups -OCH3 is 2. The summed E-state index contributed by atoms with van der Waals surface area (Å²) in [6.07, 6.45) is 9.26. The van der Waals surface area contributed by atoms with Gasteiger partial charge in [-0.05, 0) is 140 Å². The van der Waals surface area contributed by atoms with Crippen molar-refractivity contribution in [3.63, 3.8) is 0 Å². The van der Waals surface area contributed by atoms with Crippen LogP contribution in [0.25, 0.3) is 33.3 Å². The van der Waals surface area contributed by atoms with Gasteiger partial charge in [-0.15, -0.1) is 0 Å². The third-order valence-electron chi connectivity index (χ3n) is 16.9. The van der Waals surface area contributed by atoms with Gasteiger partial charge in [0.05, 0.1) is 55.8 Å². The number of aliphatic imine (C=N–C) groups is 2. The second-order valence-electron chi connectivity index (χ2n) is 21.9. The Morgan fingerprint density at radius 3 is 2.35 bits per heavy atom. The molecule has 8 aliphatic rings. The Kier molecular flexibility index (Phi) is 12.8. The highest BCUT2D eigenvalue weighted by Crippen LogP contribution is 2.51. The number of hydrogen-bond donors (Lipinski definition) is 2. The minimum absolute atomic E-state index is 0.0152. The average molecular weight is 1020 g/mol. The van der Waals surface area contributed by atoms with Crippen LogP contribution in [0.2, 0.25) is 0 Å².